The van der Waals surface area contributed by atoms with E-state index in [1.54, 1.807) is 30.3 Å². The predicted molar refractivity (Wildman–Crippen MR) is 125 cm³/mol. The fourth-order valence-electron chi connectivity index (χ4n) is 3.86. The molecule has 0 atom stereocenters. The Morgan fingerprint density at radius 3 is 2.28 bits per heavy atom. The van der Waals surface area contributed by atoms with Crippen molar-refractivity contribution in [2.24, 2.45) is 7.05 Å². The SMILES string of the molecule is Cn1c(=O)c(-c2ccc(Cl)cc2)c(-c2ccnnc2)c2nn(Cc3ccc(C(F)(F)F)nc3)c(=O)n21. The van der Waals surface area contributed by atoms with Crippen LogP contribution < -0.4 is 11.2 Å². The number of aryl methyl sites for hydroxylation is 1. The van der Waals surface area contributed by atoms with Gasteiger partial charge in [-0.2, -0.15) is 27.9 Å². The van der Waals surface area contributed by atoms with Gasteiger partial charge in [0.05, 0.1) is 24.5 Å². The molecule has 1 aromatic carbocycles. The van der Waals surface area contributed by atoms with Crippen molar-refractivity contribution in [1.29, 1.82) is 0 Å². The topological polar surface area (TPSA) is 100.0 Å². The number of nitrogens with zero attached hydrogens (tertiary/aromatic N) is 7. The van der Waals surface area contributed by atoms with Gasteiger partial charge in [-0.1, -0.05) is 29.8 Å². The van der Waals surface area contributed by atoms with Crippen molar-refractivity contribution >= 4 is 17.2 Å². The van der Waals surface area contributed by atoms with E-state index in [1.807, 2.05) is 0 Å². The number of alkyl halides is 3. The summed E-state index contributed by atoms with van der Waals surface area (Å²) in [5, 5.41) is 12.6. The third-order valence-corrected chi connectivity index (χ3v) is 5.80. The number of aromatic nitrogens is 7. The van der Waals surface area contributed by atoms with E-state index in [0.29, 0.717) is 27.3 Å². The Bertz CT molecular complexity index is 1690. The van der Waals surface area contributed by atoms with Crippen LogP contribution in [-0.2, 0) is 19.8 Å². The van der Waals surface area contributed by atoms with E-state index in [1.165, 1.54) is 25.5 Å². The molecule has 0 saturated heterocycles. The van der Waals surface area contributed by atoms with Crippen LogP contribution in [0, 0.1) is 0 Å². The zero-order chi connectivity index (χ0) is 25.6. The Morgan fingerprint density at radius 1 is 0.917 bits per heavy atom. The molecule has 0 aliphatic heterocycles. The average Bonchev–Trinajstić information content (AvgIpc) is 3.18. The van der Waals surface area contributed by atoms with Gasteiger partial charge in [0.2, 0.25) is 0 Å². The van der Waals surface area contributed by atoms with Crippen LogP contribution in [0.4, 0.5) is 13.2 Å². The van der Waals surface area contributed by atoms with Crippen molar-refractivity contribution in [2.75, 3.05) is 0 Å². The van der Waals surface area contributed by atoms with Crippen LogP contribution in [0.2, 0.25) is 5.02 Å². The highest BCUT2D eigenvalue weighted by Crippen LogP contribution is 2.32. The van der Waals surface area contributed by atoms with E-state index in [2.05, 4.69) is 20.3 Å². The second-order valence-electron chi connectivity index (χ2n) is 7.84. The van der Waals surface area contributed by atoms with Crippen LogP contribution in [0.3, 0.4) is 0 Å². The summed E-state index contributed by atoms with van der Waals surface area (Å²) in [6.45, 7) is -0.163. The second kappa shape index (κ2) is 8.72. The van der Waals surface area contributed by atoms with Gasteiger partial charge < -0.3 is 0 Å². The van der Waals surface area contributed by atoms with Gasteiger partial charge in [0, 0.05) is 29.4 Å². The molecule has 13 heteroatoms. The summed E-state index contributed by atoms with van der Waals surface area (Å²) < 4.78 is 41.9. The molecule has 5 aromatic rings. The summed E-state index contributed by atoms with van der Waals surface area (Å²) in [7, 11) is 1.43. The van der Waals surface area contributed by atoms with Crippen LogP contribution >= 0.6 is 11.6 Å². The molecule has 0 aliphatic carbocycles. The molecule has 0 amide bonds. The number of halogens is 4. The first-order valence-corrected chi connectivity index (χ1v) is 10.8. The summed E-state index contributed by atoms with van der Waals surface area (Å²) in [6, 6.07) is 10.3. The number of hydrogen-bond acceptors (Lipinski definition) is 6. The van der Waals surface area contributed by atoms with E-state index in [9.17, 15) is 22.8 Å². The van der Waals surface area contributed by atoms with Gasteiger partial charge in [-0.15, -0.1) is 5.10 Å². The van der Waals surface area contributed by atoms with Crippen LogP contribution in [0.15, 0.2) is 70.6 Å². The van der Waals surface area contributed by atoms with Crippen molar-refractivity contribution < 1.29 is 13.2 Å². The highest BCUT2D eigenvalue weighted by molar-refractivity contribution is 6.30. The molecule has 0 fully saturated rings. The quantitative estimate of drug-likeness (QED) is 0.365. The molecule has 0 radical (unpaired) electrons. The van der Waals surface area contributed by atoms with E-state index in [-0.39, 0.29) is 17.8 Å². The van der Waals surface area contributed by atoms with Crippen LogP contribution in [-0.4, -0.2) is 34.2 Å². The Kier molecular flexibility index (Phi) is 5.67. The molecule has 36 heavy (non-hydrogen) atoms. The minimum absolute atomic E-state index is 0.153. The van der Waals surface area contributed by atoms with E-state index >= 15 is 0 Å². The normalized spacial score (nSPS) is 11.8. The van der Waals surface area contributed by atoms with Gasteiger partial charge >= 0.3 is 11.9 Å². The molecule has 0 bridgehead atoms. The van der Waals surface area contributed by atoms with Gasteiger partial charge in [0.15, 0.2) is 5.65 Å². The fourth-order valence-corrected chi connectivity index (χ4v) is 3.98. The smallest absolute Gasteiger partial charge is 0.267 e. The Hall–Kier alpha value is -4.32. The number of pyridine rings is 1. The molecular weight excluding hydrogens is 499 g/mol. The zero-order valence-corrected chi connectivity index (χ0v) is 19.2. The Morgan fingerprint density at radius 2 is 1.67 bits per heavy atom. The van der Waals surface area contributed by atoms with Gasteiger partial charge in [0.25, 0.3) is 5.56 Å². The maximum atomic E-state index is 13.5. The third kappa shape index (κ3) is 4.05. The molecule has 4 heterocycles. The maximum Gasteiger partial charge on any atom is 0.433 e. The van der Waals surface area contributed by atoms with Crippen molar-refractivity contribution in [3.63, 3.8) is 0 Å². The van der Waals surface area contributed by atoms with Gasteiger partial charge in [-0.25, -0.2) is 14.2 Å². The third-order valence-electron chi connectivity index (χ3n) is 5.55. The summed E-state index contributed by atoms with van der Waals surface area (Å²) in [5.41, 5.74) is -0.0570. The first-order chi connectivity index (χ1) is 17.1. The minimum atomic E-state index is -4.58. The first kappa shape index (κ1) is 23.4. The fraction of sp³-hybridized carbons (Fsp3) is 0.130. The standard InChI is InChI=1S/C23H15ClF3N7O2/c1-32-21(35)19(14-3-5-16(24)6-4-14)18(15-8-9-29-30-11-15)20-31-33(22(36)34(20)32)12-13-2-7-17(28-10-13)23(25,26)27/h2-11H,12H2,1H3. The molecule has 0 unspecified atom stereocenters. The lowest BCUT2D eigenvalue weighted by atomic mass is 9.98. The Balaban J connectivity index is 1.74. The van der Waals surface area contributed by atoms with Crippen molar-refractivity contribution in [2.45, 2.75) is 12.7 Å². The maximum absolute atomic E-state index is 13.5. The number of hydrogen-bond donors (Lipinski definition) is 0. The van der Waals surface area contributed by atoms with Gasteiger partial charge in [-0.3, -0.25) is 9.78 Å². The minimum Gasteiger partial charge on any atom is -0.267 e. The average molecular weight is 514 g/mol. The van der Waals surface area contributed by atoms with Crippen molar-refractivity contribution in [1.82, 2.24) is 34.2 Å². The highest BCUT2D eigenvalue weighted by atomic mass is 35.5. The van der Waals surface area contributed by atoms with E-state index in [0.717, 1.165) is 26.1 Å². The molecule has 0 N–H and O–H groups in total. The number of fused-ring (bicyclic) bond motifs is 1. The van der Waals surface area contributed by atoms with E-state index < -0.39 is 23.1 Å². The van der Waals surface area contributed by atoms with E-state index in [4.69, 9.17) is 11.6 Å². The Labute approximate surface area is 205 Å². The lowest BCUT2D eigenvalue weighted by Crippen LogP contribution is -2.33. The van der Waals surface area contributed by atoms with Crippen LogP contribution in [0.25, 0.3) is 27.9 Å². The largest absolute Gasteiger partial charge is 0.433 e. The summed E-state index contributed by atoms with van der Waals surface area (Å²) in [5.74, 6) is 0. The first-order valence-electron chi connectivity index (χ1n) is 10.4. The highest BCUT2D eigenvalue weighted by Gasteiger charge is 2.32. The molecule has 5 rings (SSSR count). The zero-order valence-electron chi connectivity index (χ0n) is 18.4. The summed E-state index contributed by atoms with van der Waals surface area (Å²) in [6.07, 6.45) is -0.664. The van der Waals surface area contributed by atoms with Crippen molar-refractivity contribution in [3.05, 3.63) is 98.2 Å². The predicted octanol–water partition coefficient (Wildman–Crippen LogP) is 3.43. The van der Waals surface area contributed by atoms with Crippen molar-refractivity contribution in [3.8, 4) is 22.3 Å². The monoisotopic (exact) mass is 513 g/mol. The molecular formula is C23H15ClF3N7O2. The lowest BCUT2D eigenvalue weighted by molar-refractivity contribution is -0.141. The molecule has 9 nitrogen and oxygen atoms in total. The molecule has 0 aliphatic rings. The van der Waals surface area contributed by atoms with Gasteiger partial charge in [-0.05, 0) is 35.4 Å². The van der Waals surface area contributed by atoms with Gasteiger partial charge in [0.1, 0.15) is 5.69 Å². The number of benzene rings is 1. The molecule has 182 valence electrons. The summed E-state index contributed by atoms with van der Waals surface area (Å²) >= 11 is 6.03. The van der Waals surface area contributed by atoms with Crippen LogP contribution in [0.1, 0.15) is 11.3 Å². The number of rotatable bonds is 4. The molecule has 0 spiro atoms. The molecule has 0 saturated carbocycles. The lowest BCUT2D eigenvalue weighted by Gasteiger charge is -2.13. The summed E-state index contributed by atoms with van der Waals surface area (Å²) in [4.78, 5) is 30.2. The van der Waals surface area contributed by atoms with Crippen LogP contribution in [0.5, 0.6) is 0 Å². The second-order valence-corrected chi connectivity index (χ2v) is 8.28. The molecule has 4 aromatic heterocycles.